The molecule has 0 radical (unpaired) electrons. The van der Waals surface area contributed by atoms with E-state index >= 15 is 0 Å². The monoisotopic (exact) mass is 354 g/mol. The Labute approximate surface area is 158 Å². The van der Waals surface area contributed by atoms with E-state index in [0.29, 0.717) is 25.3 Å². The number of carbonyl (C=O) groups excluding carboxylic acids is 1. The maximum atomic E-state index is 12.4. The molecule has 4 heteroatoms. The molecule has 4 nitrogen and oxygen atoms in total. The van der Waals surface area contributed by atoms with Gasteiger partial charge in [0.05, 0.1) is 6.54 Å². The van der Waals surface area contributed by atoms with Crippen LogP contribution in [-0.2, 0) is 13.0 Å². The predicted octanol–water partition coefficient (Wildman–Crippen LogP) is 4.04. The van der Waals surface area contributed by atoms with Gasteiger partial charge in [0, 0.05) is 36.0 Å². The van der Waals surface area contributed by atoms with Crippen LogP contribution in [0.4, 0.5) is 4.79 Å². The molecule has 0 unspecified atom stereocenters. The third kappa shape index (κ3) is 4.16. The topological polar surface area (TPSA) is 42.4 Å². The zero-order chi connectivity index (χ0) is 18.5. The normalized spacial score (nSPS) is 12.5. The summed E-state index contributed by atoms with van der Waals surface area (Å²) in [7, 11) is 0. The standard InChI is InChI=1S/C23H18N2O2/c26-23(27-21-9-5-2-6-10-21)25-14-13-22-20(17-25)15-19(16-24-22)12-11-18-7-3-1-4-8-18/h1-10,15-16H,13-14,17H2. The Bertz CT molecular complexity index is 1000. The van der Waals surface area contributed by atoms with Crippen LogP contribution >= 0.6 is 0 Å². The number of nitrogens with zero attached hydrogens (tertiary/aromatic N) is 2. The SMILES string of the molecule is O=C(Oc1ccccc1)N1CCc2ncc(C#Cc3ccccc3)cc2C1. The van der Waals surface area contributed by atoms with Crippen LogP contribution in [0.1, 0.15) is 22.4 Å². The minimum Gasteiger partial charge on any atom is -0.410 e. The molecule has 0 saturated carbocycles. The second-order valence-electron chi connectivity index (χ2n) is 6.30. The number of hydrogen-bond acceptors (Lipinski definition) is 3. The molecule has 2 aromatic carbocycles. The van der Waals surface area contributed by atoms with Gasteiger partial charge in [-0.3, -0.25) is 4.98 Å². The third-order valence-electron chi connectivity index (χ3n) is 4.37. The maximum Gasteiger partial charge on any atom is 0.415 e. The van der Waals surface area contributed by atoms with Crippen LogP contribution < -0.4 is 4.74 Å². The van der Waals surface area contributed by atoms with Gasteiger partial charge in [0.15, 0.2) is 0 Å². The van der Waals surface area contributed by atoms with Crippen molar-refractivity contribution in [3.63, 3.8) is 0 Å². The molecule has 1 amide bonds. The van der Waals surface area contributed by atoms with Gasteiger partial charge >= 0.3 is 6.09 Å². The number of pyridine rings is 1. The highest BCUT2D eigenvalue weighted by Gasteiger charge is 2.23. The number of amides is 1. The fourth-order valence-corrected chi connectivity index (χ4v) is 2.97. The molecule has 0 aliphatic carbocycles. The molecule has 0 bridgehead atoms. The first-order valence-corrected chi connectivity index (χ1v) is 8.84. The lowest BCUT2D eigenvalue weighted by atomic mass is 10.0. The molecular formula is C23H18N2O2. The minimum absolute atomic E-state index is 0.340. The van der Waals surface area contributed by atoms with E-state index in [9.17, 15) is 4.79 Å². The Morgan fingerprint density at radius 2 is 1.67 bits per heavy atom. The minimum atomic E-state index is -0.340. The highest BCUT2D eigenvalue weighted by molar-refractivity contribution is 5.71. The molecule has 1 aliphatic rings. The van der Waals surface area contributed by atoms with Crippen molar-refractivity contribution in [3.8, 4) is 17.6 Å². The van der Waals surface area contributed by atoms with Gasteiger partial charge in [-0.1, -0.05) is 48.2 Å². The molecule has 4 rings (SSSR count). The lowest BCUT2D eigenvalue weighted by Gasteiger charge is -2.27. The van der Waals surface area contributed by atoms with Crippen molar-refractivity contribution in [2.75, 3.05) is 6.54 Å². The molecule has 2 heterocycles. The van der Waals surface area contributed by atoms with E-state index in [2.05, 4.69) is 16.8 Å². The molecule has 0 fully saturated rings. The number of hydrogen-bond donors (Lipinski definition) is 0. The number of rotatable bonds is 1. The van der Waals surface area contributed by atoms with Crippen LogP contribution in [0.3, 0.4) is 0 Å². The Morgan fingerprint density at radius 1 is 0.963 bits per heavy atom. The number of benzene rings is 2. The van der Waals surface area contributed by atoms with E-state index in [1.54, 1.807) is 23.2 Å². The Balaban J connectivity index is 1.48. The average molecular weight is 354 g/mol. The second kappa shape index (κ2) is 7.76. The molecule has 0 N–H and O–H groups in total. The zero-order valence-electron chi connectivity index (χ0n) is 14.8. The Kier molecular flexibility index (Phi) is 4.84. The largest absolute Gasteiger partial charge is 0.415 e. The molecule has 0 spiro atoms. The van der Waals surface area contributed by atoms with Crippen molar-refractivity contribution in [2.45, 2.75) is 13.0 Å². The number of ether oxygens (including phenoxy) is 1. The average Bonchev–Trinajstić information content (AvgIpc) is 2.73. The molecular weight excluding hydrogens is 336 g/mol. The summed E-state index contributed by atoms with van der Waals surface area (Å²) in [6.45, 7) is 1.08. The lowest BCUT2D eigenvalue weighted by Crippen LogP contribution is -2.38. The molecule has 132 valence electrons. The second-order valence-corrected chi connectivity index (χ2v) is 6.30. The summed E-state index contributed by atoms with van der Waals surface area (Å²) >= 11 is 0. The summed E-state index contributed by atoms with van der Waals surface area (Å²) in [6, 6.07) is 21.0. The highest BCUT2D eigenvalue weighted by atomic mass is 16.6. The molecule has 0 atom stereocenters. The van der Waals surface area contributed by atoms with E-state index in [1.807, 2.05) is 54.6 Å². The van der Waals surface area contributed by atoms with E-state index < -0.39 is 0 Å². The number of fused-ring (bicyclic) bond motifs is 1. The van der Waals surface area contributed by atoms with Crippen LogP contribution in [0.25, 0.3) is 0 Å². The van der Waals surface area contributed by atoms with E-state index in [-0.39, 0.29) is 6.09 Å². The van der Waals surface area contributed by atoms with Gasteiger partial charge < -0.3 is 9.64 Å². The third-order valence-corrected chi connectivity index (χ3v) is 4.37. The number of para-hydroxylation sites is 1. The molecule has 27 heavy (non-hydrogen) atoms. The molecule has 1 aliphatic heterocycles. The first-order valence-electron chi connectivity index (χ1n) is 8.84. The van der Waals surface area contributed by atoms with Crippen molar-refractivity contribution in [2.24, 2.45) is 0 Å². The van der Waals surface area contributed by atoms with Gasteiger partial charge in [0.1, 0.15) is 5.75 Å². The van der Waals surface area contributed by atoms with Gasteiger partial charge in [-0.25, -0.2) is 4.79 Å². The smallest absolute Gasteiger partial charge is 0.410 e. The van der Waals surface area contributed by atoms with Crippen molar-refractivity contribution in [1.29, 1.82) is 0 Å². The zero-order valence-corrected chi connectivity index (χ0v) is 14.8. The molecule has 0 saturated heterocycles. The quantitative estimate of drug-likeness (QED) is 0.620. The van der Waals surface area contributed by atoms with Crippen molar-refractivity contribution >= 4 is 6.09 Å². The predicted molar refractivity (Wildman–Crippen MR) is 103 cm³/mol. The Morgan fingerprint density at radius 3 is 2.44 bits per heavy atom. The van der Waals surface area contributed by atoms with Gasteiger partial charge in [-0.2, -0.15) is 0 Å². The summed E-state index contributed by atoms with van der Waals surface area (Å²) in [5.41, 5.74) is 3.84. The van der Waals surface area contributed by atoms with Gasteiger partial charge in [0.2, 0.25) is 0 Å². The first kappa shape index (κ1) is 16.9. The van der Waals surface area contributed by atoms with Crippen LogP contribution in [0.5, 0.6) is 5.75 Å². The fraction of sp³-hybridized carbons (Fsp3) is 0.130. The summed E-state index contributed by atoms with van der Waals surface area (Å²) < 4.78 is 5.44. The summed E-state index contributed by atoms with van der Waals surface area (Å²) in [5, 5.41) is 0. The molecule has 1 aromatic heterocycles. The fourth-order valence-electron chi connectivity index (χ4n) is 2.97. The molecule has 3 aromatic rings. The van der Waals surface area contributed by atoms with Crippen molar-refractivity contribution in [3.05, 3.63) is 95.3 Å². The van der Waals surface area contributed by atoms with Crippen molar-refractivity contribution < 1.29 is 9.53 Å². The van der Waals surface area contributed by atoms with Crippen LogP contribution in [-0.4, -0.2) is 22.5 Å². The van der Waals surface area contributed by atoms with Gasteiger partial charge in [-0.05, 0) is 35.9 Å². The van der Waals surface area contributed by atoms with Crippen LogP contribution in [0.15, 0.2) is 72.9 Å². The lowest BCUT2D eigenvalue weighted by molar-refractivity contribution is 0.146. The first-order chi connectivity index (χ1) is 13.3. The van der Waals surface area contributed by atoms with Crippen molar-refractivity contribution in [1.82, 2.24) is 9.88 Å². The summed E-state index contributed by atoms with van der Waals surface area (Å²) in [4.78, 5) is 18.7. The van der Waals surface area contributed by atoms with E-state index in [0.717, 1.165) is 22.4 Å². The van der Waals surface area contributed by atoms with Gasteiger partial charge in [-0.15, -0.1) is 0 Å². The van der Waals surface area contributed by atoms with Crippen LogP contribution in [0, 0.1) is 11.8 Å². The maximum absolute atomic E-state index is 12.4. The Hall–Kier alpha value is -3.58. The van der Waals surface area contributed by atoms with E-state index in [1.165, 1.54) is 0 Å². The number of aromatic nitrogens is 1. The summed E-state index contributed by atoms with van der Waals surface area (Å²) in [6.07, 6.45) is 2.17. The highest BCUT2D eigenvalue weighted by Crippen LogP contribution is 2.20. The van der Waals surface area contributed by atoms with Crippen LogP contribution in [0.2, 0.25) is 0 Å². The number of carbonyl (C=O) groups is 1. The van der Waals surface area contributed by atoms with E-state index in [4.69, 9.17) is 4.74 Å². The van der Waals surface area contributed by atoms with Gasteiger partial charge in [0.25, 0.3) is 0 Å². The summed E-state index contributed by atoms with van der Waals surface area (Å²) in [5.74, 6) is 6.84.